The third-order valence-electron chi connectivity index (χ3n) is 8.45. The maximum absolute atomic E-state index is 12.4. The minimum atomic E-state index is -3.43. The van der Waals surface area contributed by atoms with Crippen LogP contribution in [0.1, 0.15) is 90.0 Å². The summed E-state index contributed by atoms with van der Waals surface area (Å²) in [6, 6.07) is 35.8. The number of rotatable bonds is 10. The molecule has 5 aromatic carbocycles. The second-order valence-electron chi connectivity index (χ2n) is 19.9. The van der Waals surface area contributed by atoms with Gasteiger partial charge in [-0.1, -0.05) is 25.1 Å². The molecule has 0 aromatic heterocycles. The predicted molar refractivity (Wildman–Crippen MR) is 275 cm³/mol. The highest BCUT2D eigenvalue weighted by molar-refractivity contribution is 7.92. The molecule has 4 N–H and O–H groups in total. The lowest BCUT2D eigenvalue weighted by molar-refractivity contribution is 0.595. The summed E-state index contributed by atoms with van der Waals surface area (Å²) in [5.41, 5.74) is 3.57. The SMILES string of the molecule is CC(C)(C)Nc1ccc(S(=O)(=O)c2ccccc2)cc1.CC(C)(C)Nc1ccc(S(C)(=O)=O)cc1.CC(C)(C)Nc1ccc(S(C)(=O)=O)cc1.CCS(=O)(=O)c1ccc(NC(C)(C)C)cc1. The molecule has 0 aliphatic carbocycles. The largest absolute Gasteiger partial charge is 0.380 e. The molecule has 0 fully saturated rings. The van der Waals surface area contributed by atoms with Gasteiger partial charge in [-0.05, 0) is 192 Å². The minimum Gasteiger partial charge on any atom is -0.380 e. The van der Waals surface area contributed by atoms with Crippen molar-refractivity contribution in [3.63, 3.8) is 0 Å². The number of hydrogen-bond acceptors (Lipinski definition) is 12. The summed E-state index contributed by atoms with van der Waals surface area (Å²) in [6.45, 7) is 26.3. The van der Waals surface area contributed by atoms with Gasteiger partial charge in [-0.3, -0.25) is 0 Å². The summed E-state index contributed by atoms with van der Waals surface area (Å²) in [7, 11) is -12.7. The summed E-state index contributed by atoms with van der Waals surface area (Å²) < 4.78 is 92.8. The van der Waals surface area contributed by atoms with Crippen molar-refractivity contribution in [3.8, 4) is 0 Å². The van der Waals surface area contributed by atoms with E-state index in [4.69, 9.17) is 0 Å². The molecule has 5 rings (SSSR count). The van der Waals surface area contributed by atoms with E-state index in [1.165, 1.54) is 12.5 Å². The van der Waals surface area contributed by atoms with Gasteiger partial charge in [-0.15, -0.1) is 0 Å². The molecule has 0 atom stereocenters. The quantitative estimate of drug-likeness (QED) is 0.104. The van der Waals surface area contributed by atoms with Crippen molar-refractivity contribution in [1.82, 2.24) is 0 Å². The molecule has 364 valence electrons. The van der Waals surface area contributed by atoms with Gasteiger partial charge in [0.05, 0.1) is 30.2 Å². The number of benzene rings is 5. The van der Waals surface area contributed by atoms with Crippen molar-refractivity contribution in [2.24, 2.45) is 0 Å². The Kier molecular flexibility index (Phi) is 19.7. The second-order valence-corrected chi connectivity index (χ2v) is 28.1. The maximum atomic E-state index is 12.4. The molecule has 16 heteroatoms. The molecule has 0 spiro atoms. The van der Waals surface area contributed by atoms with E-state index in [1.54, 1.807) is 134 Å². The zero-order valence-corrected chi connectivity index (χ0v) is 44.5. The molecule has 0 saturated heterocycles. The van der Waals surface area contributed by atoms with Crippen LogP contribution in [-0.4, -0.2) is 74.1 Å². The van der Waals surface area contributed by atoms with Crippen LogP contribution in [0.4, 0.5) is 22.7 Å². The van der Waals surface area contributed by atoms with Gasteiger partial charge in [0.2, 0.25) is 9.84 Å². The first-order valence-electron chi connectivity index (χ1n) is 21.4. The van der Waals surface area contributed by atoms with Crippen LogP contribution in [0.3, 0.4) is 0 Å². The fraction of sp³-hybridized carbons (Fsp3) is 0.400. The Bertz CT molecular complexity index is 2650. The molecule has 12 nitrogen and oxygen atoms in total. The van der Waals surface area contributed by atoms with Gasteiger partial charge in [-0.25, -0.2) is 33.7 Å². The lowest BCUT2D eigenvalue weighted by Crippen LogP contribution is -2.25. The van der Waals surface area contributed by atoms with Crippen molar-refractivity contribution in [2.45, 2.75) is 137 Å². The summed E-state index contributed by atoms with van der Waals surface area (Å²) in [6.07, 6.45) is 2.42. The lowest BCUT2D eigenvalue weighted by Gasteiger charge is -2.22. The summed E-state index contributed by atoms with van der Waals surface area (Å²) in [5.74, 6) is 0.138. The van der Waals surface area contributed by atoms with Gasteiger partial charge in [0.15, 0.2) is 29.5 Å². The number of sulfone groups is 4. The van der Waals surface area contributed by atoms with E-state index in [0.717, 1.165) is 22.7 Å². The van der Waals surface area contributed by atoms with Gasteiger partial charge in [0.1, 0.15) is 0 Å². The highest BCUT2D eigenvalue weighted by atomic mass is 32.2. The molecule has 0 aliphatic heterocycles. The monoisotopic (exact) mass is 984 g/mol. The average Bonchev–Trinajstić information content (AvgIpc) is 3.17. The van der Waals surface area contributed by atoms with Crippen LogP contribution in [0.15, 0.2) is 152 Å². The van der Waals surface area contributed by atoms with E-state index >= 15 is 0 Å². The average molecular weight is 985 g/mol. The first kappa shape index (κ1) is 57.2. The predicted octanol–water partition coefficient (Wildman–Crippen LogP) is 11.0. The van der Waals surface area contributed by atoms with E-state index in [0.29, 0.717) is 24.5 Å². The van der Waals surface area contributed by atoms with Gasteiger partial charge < -0.3 is 21.3 Å². The van der Waals surface area contributed by atoms with Gasteiger partial charge in [0.25, 0.3) is 0 Å². The molecule has 66 heavy (non-hydrogen) atoms. The normalized spacial score (nSPS) is 12.4. The zero-order chi connectivity index (χ0) is 50.6. The Morgan fingerprint density at radius 1 is 0.333 bits per heavy atom. The third-order valence-corrected chi connectivity index (χ3v) is 14.2. The minimum absolute atomic E-state index is 0.0212. The van der Waals surface area contributed by atoms with Crippen molar-refractivity contribution in [1.29, 1.82) is 0 Å². The molecule has 0 aliphatic rings. The van der Waals surface area contributed by atoms with Crippen LogP contribution in [0.5, 0.6) is 0 Å². The van der Waals surface area contributed by atoms with Crippen molar-refractivity contribution < 1.29 is 33.7 Å². The Hall–Kier alpha value is -4.90. The number of anilines is 4. The summed E-state index contributed by atoms with van der Waals surface area (Å²) in [4.78, 5) is 1.71. The molecular weight excluding hydrogens is 913 g/mol. The van der Waals surface area contributed by atoms with Gasteiger partial charge >= 0.3 is 0 Å². The Morgan fingerprint density at radius 2 is 0.561 bits per heavy atom. The van der Waals surface area contributed by atoms with Crippen molar-refractivity contribution >= 4 is 62.1 Å². The van der Waals surface area contributed by atoms with E-state index in [-0.39, 0.29) is 27.9 Å². The molecule has 0 radical (unpaired) electrons. The molecule has 0 saturated carbocycles. The van der Waals surface area contributed by atoms with Gasteiger partial charge in [-0.2, -0.15) is 0 Å². The maximum Gasteiger partial charge on any atom is 0.206 e. The smallest absolute Gasteiger partial charge is 0.206 e. The van der Waals surface area contributed by atoms with E-state index in [9.17, 15) is 33.7 Å². The first-order chi connectivity index (χ1) is 29.9. The fourth-order valence-corrected chi connectivity index (χ4v) is 9.10. The first-order valence-corrected chi connectivity index (χ1v) is 28.3. The Morgan fingerprint density at radius 3 is 0.788 bits per heavy atom. The Labute approximate surface area is 397 Å². The van der Waals surface area contributed by atoms with E-state index in [1.807, 2.05) is 0 Å². The topological polar surface area (TPSA) is 185 Å². The highest BCUT2D eigenvalue weighted by Gasteiger charge is 2.18. The van der Waals surface area contributed by atoms with E-state index < -0.39 is 39.3 Å². The molecule has 5 aromatic rings. The third kappa shape index (κ3) is 21.6. The second kappa shape index (κ2) is 22.7. The molecule has 0 bridgehead atoms. The molecular formula is C50H72N4O8S4. The highest BCUT2D eigenvalue weighted by Crippen LogP contribution is 2.24. The summed E-state index contributed by atoms with van der Waals surface area (Å²) >= 11 is 0. The van der Waals surface area contributed by atoms with Crippen LogP contribution < -0.4 is 21.3 Å². The standard InChI is InChI=1S/C16H19NO2S.C12H19NO2S.2C11H17NO2S/c1-16(2,3)17-13-9-11-15(12-10-13)20(18,19)14-7-5-4-6-8-14;1-5-16(14,15)11-8-6-10(7-9-11)13-12(2,3)4;2*1-11(2,3)12-9-5-7-10(8-6-9)15(4,13)14/h4-12,17H,1-3H3;6-9,13H,5H2,1-4H3;2*5-8,12H,1-4H3. The van der Waals surface area contributed by atoms with E-state index in [2.05, 4.69) is 104 Å². The number of nitrogens with one attached hydrogen (secondary N) is 4. The molecule has 0 unspecified atom stereocenters. The van der Waals surface area contributed by atoms with Crippen molar-refractivity contribution in [3.05, 3.63) is 127 Å². The van der Waals surface area contributed by atoms with Gasteiger partial charge in [0, 0.05) is 57.4 Å². The summed E-state index contributed by atoms with van der Waals surface area (Å²) in [5, 5.41) is 13.1. The van der Waals surface area contributed by atoms with Crippen LogP contribution in [-0.2, 0) is 39.3 Å². The number of hydrogen-bond donors (Lipinski definition) is 4. The fourth-order valence-electron chi connectivity index (χ4n) is 5.67. The molecule has 0 heterocycles. The van der Waals surface area contributed by atoms with Crippen LogP contribution >= 0.6 is 0 Å². The van der Waals surface area contributed by atoms with Crippen LogP contribution in [0, 0.1) is 0 Å². The van der Waals surface area contributed by atoms with Crippen LogP contribution in [0.25, 0.3) is 0 Å². The lowest BCUT2D eigenvalue weighted by atomic mass is 10.1. The van der Waals surface area contributed by atoms with Crippen LogP contribution in [0.2, 0.25) is 0 Å². The molecule has 0 amide bonds. The Balaban J connectivity index is 0.000000305. The van der Waals surface area contributed by atoms with Crippen molar-refractivity contribution in [2.75, 3.05) is 39.5 Å². The zero-order valence-electron chi connectivity index (χ0n) is 41.2.